The van der Waals surface area contributed by atoms with Crippen LogP contribution < -0.4 is 0 Å². The third-order valence-electron chi connectivity index (χ3n) is 2.78. The predicted octanol–water partition coefficient (Wildman–Crippen LogP) is 3.94. The molecule has 0 heterocycles. The molecule has 0 aliphatic heterocycles. The number of hydrogen-bond acceptors (Lipinski definition) is 1. The lowest BCUT2D eigenvalue weighted by Gasteiger charge is -2.16. The molecule has 0 fully saturated rings. The first kappa shape index (κ1) is 10.5. The molecule has 0 amide bonds. The Bertz CT molecular complexity index is 182. The largest absolute Gasteiger partial charge is 0.305 e. The smallest absolute Gasteiger partial charge is 0.0311 e. The Labute approximate surface area is 81.7 Å². The molecular weight excluding hydrogens is 158 g/mol. The van der Waals surface area contributed by atoms with Crippen molar-refractivity contribution in [2.75, 3.05) is 0 Å². The molecule has 0 bridgehead atoms. The highest BCUT2D eigenvalue weighted by atomic mass is 14.4. The van der Waals surface area contributed by atoms with Crippen LogP contribution in [0.5, 0.6) is 0 Å². The Kier molecular flexibility index (Phi) is 4.81. The summed E-state index contributed by atoms with van der Waals surface area (Å²) in [5, 5.41) is 7.43. The second-order valence-corrected chi connectivity index (χ2v) is 4.03. The summed E-state index contributed by atoms with van der Waals surface area (Å²) >= 11 is 0. The Balaban J connectivity index is 2.09. The van der Waals surface area contributed by atoms with Gasteiger partial charge in [0.1, 0.15) is 0 Å². The van der Waals surface area contributed by atoms with E-state index in [9.17, 15) is 0 Å². The molecule has 0 aromatic rings. The minimum atomic E-state index is 0.769. The highest BCUT2D eigenvalue weighted by Crippen LogP contribution is 2.21. The molecule has 0 saturated carbocycles. The fourth-order valence-corrected chi connectivity index (χ4v) is 1.85. The van der Waals surface area contributed by atoms with Gasteiger partial charge in [-0.1, -0.05) is 38.7 Å². The van der Waals surface area contributed by atoms with E-state index in [2.05, 4.69) is 13.0 Å². The van der Waals surface area contributed by atoms with E-state index in [-0.39, 0.29) is 0 Å². The van der Waals surface area contributed by atoms with Crippen LogP contribution in [0.1, 0.15) is 51.9 Å². The van der Waals surface area contributed by atoms with Crippen molar-refractivity contribution in [1.82, 2.24) is 0 Å². The number of allylic oxidation sites excluding steroid dienone is 2. The predicted molar refractivity (Wildman–Crippen MR) is 58.3 cm³/mol. The molecular formula is C12H21N. The summed E-state index contributed by atoms with van der Waals surface area (Å²) in [5.41, 5.74) is 0.810. The Hall–Kier alpha value is -0.590. The van der Waals surface area contributed by atoms with E-state index in [4.69, 9.17) is 5.41 Å². The van der Waals surface area contributed by atoms with Gasteiger partial charge < -0.3 is 5.41 Å². The molecule has 1 nitrogen and oxygen atoms in total. The summed E-state index contributed by atoms with van der Waals surface area (Å²) in [6, 6.07) is 0. The van der Waals surface area contributed by atoms with Gasteiger partial charge in [-0.25, -0.2) is 0 Å². The molecule has 74 valence electrons. The first-order valence-electron chi connectivity index (χ1n) is 5.58. The first-order valence-corrected chi connectivity index (χ1v) is 5.58. The van der Waals surface area contributed by atoms with Gasteiger partial charge in [0.25, 0.3) is 0 Å². The van der Waals surface area contributed by atoms with Crippen molar-refractivity contribution in [1.29, 1.82) is 5.41 Å². The summed E-state index contributed by atoms with van der Waals surface area (Å²) in [6.45, 7) is 2.25. The van der Waals surface area contributed by atoms with E-state index < -0.39 is 0 Å². The standard InChI is InChI=1S/C12H21N/c1-2-3-4-5-6-11-7-9-12(13)10-8-11/h7,9,11,13H,2-6,8,10H2,1H3. The van der Waals surface area contributed by atoms with Crippen molar-refractivity contribution in [2.45, 2.75) is 51.9 Å². The van der Waals surface area contributed by atoms with Crippen LogP contribution in [-0.2, 0) is 0 Å². The second kappa shape index (κ2) is 5.95. The maximum absolute atomic E-state index is 7.43. The van der Waals surface area contributed by atoms with Gasteiger partial charge in [-0.15, -0.1) is 0 Å². The third-order valence-corrected chi connectivity index (χ3v) is 2.78. The lowest BCUT2D eigenvalue weighted by molar-refractivity contribution is 0.504. The monoisotopic (exact) mass is 179 g/mol. The van der Waals surface area contributed by atoms with E-state index in [1.165, 1.54) is 38.5 Å². The molecule has 0 saturated heterocycles. The van der Waals surface area contributed by atoms with Crippen LogP contribution in [0.4, 0.5) is 0 Å². The van der Waals surface area contributed by atoms with Crippen LogP contribution in [0, 0.1) is 11.3 Å². The second-order valence-electron chi connectivity index (χ2n) is 4.03. The van der Waals surface area contributed by atoms with Crippen LogP contribution in [0.3, 0.4) is 0 Å². The molecule has 1 aliphatic rings. The minimum absolute atomic E-state index is 0.769. The molecule has 0 radical (unpaired) electrons. The fraction of sp³-hybridized carbons (Fsp3) is 0.750. The molecule has 1 heteroatoms. The van der Waals surface area contributed by atoms with Crippen molar-refractivity contribution < 1.29 is 0 Å². The van der Waals surface area contributed by atoms with Gasteiger partial charge in [0.15, 0.2) is 0 Å². The van der Waals surface area contributed by atoms with Crippen LogP contribution in [0.2, 0.25) is 0 Å². The first-order chi connectivity index (χ1) is 6.33. The normalized spacial score (nSPS) is 22.2. The van der Waals surface area contributed by atoms with Crippen LogP contribution in [-0.4, -0.2) is 5.71 Å². The summed E-state index contributed by atoms with van der Waals surface area (Å²) in [5.74, 6) is 0.769. The topological polar surface area (TPSA) is 23.9 Å². The van der Waals surface area contributed by atoms with Crippen LogP contribution in [0.25, 0.3) is 0 Å². The number of hydrogen-bond donors (Lipinski definition) is 1. The maximum Gasteiger partial charge on any atom is 0.0311 e. The summed E-state index contributed by atoms with van der Waals surface area (Å²) in [4.78, 5) is 0. The lowest BCUT2D eigenvalue weighted by atomic mass is 9.90. The van der Waals surface area contributed by atoms with Gasteiger partial charge in [0, 0.05) is 5.71 Å². The Morgan fingerprint density at radius 1 is 1.38 bits per heavy atom. The summed E-state index contributed by atoms with van der Waals surface area (Å²) in [6.07, 6.45) is 13.2. The number of rotatable bonds is 5. The van der Waals surface area contributed by atoms with Crippen molar-refractivity contribution >= 4 is 5.71 Å². The van der Waals surface area contributed by atoms with Crippen molar-refractivity contribution in [3.8, 4) is 0 Å². The van der Waals surface area contributed by atoms with Crippen molar-refractivity contribution in [2.24, 2.45) is 5.92 Å². The molecule has 1 aliphatic carbocycles. The quantitative estimate of drug-likeness (QED) is 0.618. The number of nitrogens with one attached hydrogen (secondary N) is 1. The Morgan fingerprint density at radius 2 is 2.23 bits per heavy atom. The zero-order valence-electron chi connectivity index (χ0n) is 8.68. The molecule has 1 N–H and O–H groups in total. The van der Waals surface area contributed by atoms with Crippen LogP contribution in [0.15, 0.2) is 12.2 Å². The van der Waals surface area contributed by atoms with Gasteiger partial charge in [0.05, 0.1) is 0 Å². The SMILES string of the molecule is CCCCCCC1C=CC(=N)CC1. The van der Waals surface area contributed by atoms with Gasteiger partial charge in [0.2, 0.25) is 0 Å². The maximum atomic E-state index is 7.43. The minimum Gasteiger partial charge on any atom is -0.305 e. The van der Waals surface area contributed by atoms with E-state index in [1.54, 1.807) is 0 Å². The molecule has 0 aromatic heterocycles. The van der Waals surface area contributed by atoms with Crippen molar-refractivity contribution in [3.05, 3.63) is 12.2 Å². The molecule has 0 spiro atoms. The van der Waals surface area contributed by atoms with Gasteiger partial charge in [-0.3, -0.25) is 0 Å². The molecule has 1 unspecified atom stereocenters. The third kappa shape index (κ3) is 4.25. The Morgan fingerprint density at radius 3 is 2.85 bits per heavy atom. The van der Waals surface area contributed by atoms with Gasteiger partial charge in [-0.2, -0.15) is 0 Å². The average Bonchev–Trinajstić information content (AvgIpc) is 2.15. The van der Waals surface area contributed by atoms with E-state index >= 15 is 0 Å². The highest BCUT2D eigenvalue weighted by molar-refractivity contribution is 5.92. The molecule has 13 heavy (non-hydrogen) atoms. The highest BCUT2D eigenvalue weighted by Gasteiger charge is 2.09. The molecule has 0 aromatic carbocycles. The average molecular weight is 179 g/mol. The molecule has 1 atom stereocenters. The van der Waals surface area contributed by atoms with E-state index in [0.717, 1.165) is 18.1 Å². The lowest BCUT2D eigenvalue weighted by Crippen LogP contribution is -2.06. The molecule has 1 rings (SSSR count). The van der Waals surface area contributed by atoms with E-state index in [1.807, 2.05) is 6.08 Å². The number of unbranched alkanes of at least 4 members (excludes halogenated alkanes) is 3. The summed E-state index contributed by atoms with van der Waals surface area (Å²) in [7, 11) is 0. The van der Waals surface area contributed by atoms with Gasteiger partial charge >= 0.3 is 0 Å². The zero-order chi connectivity index (χ0) is 9.52. The van der Waals surface area contributed by atoms with Crippen molar-refractivity contribution in [3.63, 3.8) is 0 Å². The fourth-order valence-electron chi connectivity index (χ4n) is 1.85. The van der Waals surface area contributed by atoms with Gasteiger partial charge in [-0.05, 0) is 31.3 Å². The van der Waals surface area contributed by atoms with Crippen LogP contribution >= 0.6 is 0 Å². The zero-order valence-corrected chi connectivity index (χ0v) is 8.68. The van der Waals surface area contributed by atoms with E-state index in [0.29, 0.717) is 0 Å². The summed E-state index contributed by atoms with van der Waals surface area (Å²) < 4.78 is 0.